The number of esters is 1. The van der Waals surface area contributed by atoms with Crippen molar-refractivity contribution in [2.24, 2.45) is 0 Å². The van der Waals surface area contributed by atoms with E-state index in [1.165, 1.54) is 36.4 Å². The van der Waals surface area contributed by atoms with Crippen LogP contribution in [0.25, 0.3) is 32.8 Å². The van der Waals surface area contributed by atoms with Crippen LogP contribution in [0.3, 0.4) is 0 Å². The zero-order valence-electron chi connectivity index (χ0n) is 33.1. The average molecular weight is 832 g/mol. The number of para-hydroxylation sites is 2. The molecule has 0 saturated heterocycles. The molecule has 3 heterocycles. The predicted octanol–water partition coefficient (Wildman–Crippen LogP) is 5.71. The second-order valence-electron chi connectivity index (χ2n) is 14.9. The highest BCUT2D eigenvalue weighted by Gasteiger charge is 2.32. The number of rotatable bonds is 15. The Balaban J connectivity index is 1.11. The summed E-state index contributed by atoms with van der Waals surface area (Å²) in [5.41, 5.74) is 3.04. The van der Waals surface area contributed by atoms with Crippen molar-refractivity contribution in [3.8, 4) is 11.5 Å². The van der Waals surface area contributed by atoms with E-state index in [0.29, 0.717) is 22.1 Å². The number of carbonyl (C=O) groups excluding carboxylic acids is 4. The van der Waals surface area contributed by atoms with Crippen LogP contribution in [-0.4, -0.2) is 62.0 Å². The van der Waals surface area contributed by atoms with Crippen molar-refractivity contribution in [1.29, 1.82) is 0 Å². The van der Waals surface area contributed by atoms with Crippen LogP contribution in [0.5, 0.6) is 11.5 Å². The van der Waals surface area contributed by atoms with Gasteiger partial charge in [-0.25, -0.2) is 9.59 Å². The summed E-state index contributed by atoms with van der Waals surface area (Å²) in [6, 6.07) is 31.8. The van der Waals surface area contributed by atoms with Gasteiger partial charge in [0, 0.05) is 64.9 Å². The van der Waals surface area contributed by atoms with Crippen molar-refractivity contribution in [2.75, 3.05) is 0 Å². The van der Waals surface area contributed by atoms with Gasteiger partial charge in [-0.15, -0.1) is 0 Å². The average Bonchev–Trinajstić information content (AvgIpc) is 3.89. The zero-order valence-corrected chi connectivity index (χ0v) is 33.1. The van der Waals surface area contributed by atoms with Crippen molar-refractivity contribution >= 4 is 56.5 Å². The maximum Gasteiger partial charge on any atom is 0.349 e. The maximum absolute atomic E-state index is 14.6. The molecule has 312 valence electrons. The Kier molecular flexibility index (Phi) is 11.8. The number of nitrogens with one attached hydrogen (secondary N) is 5. The summed E-state index contributed by atoms with van der Waals surface area (Å²) in [7, 11) is 0. The van der Waals surface area contributed by atoms with E-state index in [0.717, 1.165) is 27.4 Å². The fourth-order valence-corrected chi connectivity index (χ4v) is 7.39. The van der Waals surface area contributed by atoms with E-state index in [4.69, 9.17) is 9.15 Å². The molecule has 0 spiro atoms. The highest BCUT2D eigenvalue weighted by molar-refractivity contribution is 6.00. The van der Waals surface area contributed by atoms with Crippen molar-refractivity contribution < 1.29 is 38.5 Å². The topological polar surface area (TPSA) is 216 Å². The van der Waals surface area contributed by atoms with Crippen LogP contribution in [0, 0.1) is 0 Å². The number of benzene rings is 5. The molecule has 0 fully saturated rings. The van der Waals surface area contributed by atoms with Crippen LogP contribution in [-0.2, 0) is 45.0 Å². The standard InChI is InChI=1S/C48H41N5O9/c54-33-17-14-28(15-18-33)20-42(48(60)61-27-29-8-2-1-3-9-29)53-46(58)41(23-32-26-50-39-13-7-5-11-36(32)39)52-45(57)40(22-31-25-49-38-12-6-4-10-35(31)38)51-44(56)37-21-30-16-19-34(55)24-43(30)62-47(37)59/h1-19,21,24-26,40-42,49-50,54-55H,20,22-23,27H2,(H,51,56)(H,52,57)(H,53,58)/t40-,41-,42-/m0/s1. The van der Waals surface area contributed by atoms with Crippen molar-refractivity contribution in [3.63, 3.8) is 0 Å². The predicted molar refractivity (Wildman–Crippen MR) is 231 cm³/mol. The Hall–Kier alpha value is -8.13. The van der Waals surface area contributed by atoms with Crippen LogP contribution in [0.15, 0.2) is 149 Å². The molecule has 0 unspecified atom stereocenters. The van der Waals surface area contributed by atoms with Crippen molar-refractivity contribution in [2.45, 2.75) is 44.0 Å². The van der Waals surface area contributed by atoms with Gasteiger partial charge in [0.2, 0.25) is 11.8 Å². The van der Waals surface area contributed by atoms with E-state index in [1.807, 2.05) is 66.7 Å². The number of phenols is 2. The molecule has 8 rings (SSSR count). The minimum absolute atomic E-state index is 0.000593. The summed E-state index contributed by atoms with van der Waals surface area (Å²) in [5, 5.41) is 30.2. The van der Waals surface area contributed by atoms with Gasteiger partial charge in [0.05, 0.1) is 0 Å². The first-order chi connectivity index (χ1) is 30.1. The molecule has 0 radical (unpaired) electrons. The quantitative estimate of drug-likeness (QED) is 0.0497. The zero-order chi connectivity index (χ0) is 43.2. The van der Waals surface area contributed by atoms with Gasteiger partial charge in [-0.3, -0.25) is 14.4 Å². The van der Waals surface area contributed by atoms with E-state index in [2.05, 4.69) is 25.9 Å². The number of fused-ring (bicyclic) bond motifs is 3. The Labute approximate surface area is 353 Å². The third kappa shape index (κ3) is 9.34. The molecule has 62 heavy (non-hydrogen) atoms. The number of carbonyl (C=O) groups is 4. The van der Waals surface area contributed by atoms with Gasteiger partial charge in [0.15, 0.2) is 0 Å². The molecule has 14 heteroatoms. The van der Waals surface area contributed by atoms with E-state index in [1.54, 1.807) is 36.7 Å². The Morgan fingerprint density at radius 2 is 1.16 bits per heavy atom. The summed E-state index contributed by atoms with van der Waals surface area (Å²) in [6.45, 7) is -0.0512. The summed E-state index contributed by atoms with van der Waals surface area (Å²) < 4.78 is 11.0. The SMILES string of the molecule is O=C(N[C@@H](Cc1c[nH]c2ccccc12)C(=O)N[C@@H](Cc1c[nH]c2ccccc12)C(=O)N[C@@H](Cc1ccc(O)cc1)C(=O)OCc1ccccc1)c1cc2ccc(O)cc2oc1=O. The number of phenolic OH excluding ortho intramolecular Hbond substituents is 2. The molecule has 7 N–H and O–H groups in total. The second-order valence-corrected chi connectivity index (χ2v) is 14.9. The fourth-order valence-electron chi connectivity index (χ4n) is 7.39. The molecule has 3 amide bonds. The monoisotopic (exact) mass is 831 g/mol. The normalized spacial score (nSPS) is 12.7. The number of ether oxygens (including phenoxy) is 1. The molecule has 3 atom stereocenters. The fraction of sp³-hybridized carbons (Fsp3) is 0.146. The van der Waals surface area contributed by atoms with Gasteiger partial charge in [0.25, 0.3) is 5.91 Å². The number of hydrogen-bond acceptors (Lipinski definition) is 9. The summed E-state index contributed by atoms with van der Waals surface area (Å²) >= 11 is 0. The molecule has 14 nitrogen and oxygen atoms in total. The summed E-state index contributed by atoms with van der Waals surface area (Å²) in [6.07, 6.45) is 3.38. The molecule has 5 aromatic carbocycles. The number of aromatic nitrogens is 2. The van der Waals surface area contributed by atoms with Gasteiger partial charge in [-0.1, -0.05) is 78.9 Å². The van der Waals surface area contributed by atoms with Gasteiger partial charge >= 0.3 is 11.6 Å². The number of aromatic hydroxyl groups is 2. The Morgan fingerprint density at radius 1 is 0.597 bits per heavy atom. The maximum atomic E-state index is 14.6. The second kappa shape index (κ2) is 18.0. The van der Waals surface area contributed by atoms with Crippen LogP contribution < -0.4 is 21.6 Å². The third-order valence-electron chi connectivity index (χ3n) is 10.6. The summed E-state index contributed by atoms with van der Waals surface area (Å²) in [4.78, 5) is 76.4. The molecule has 0 aliphatic heterocycles. The number of H-pyrrole nitrogens is 2. The van der Waals surface area contributed by atoms with E-state index < -0.39 is 47.4 Å². The van der Waals surface area contributed by atoms with Crippen LogP contribution >= 0.6 is 0 Å². The molecular formula is C48H41N5O9. The first-order valence-corrected chi connectivity index (χ1v) is 19.8. The summed E-state index contributed by atoms with van der Waals surface area (Å²) in [5.74, 6) is -3.18. The highest BCUT2D eigenvalue weighted by atomic mass is 16.5. The molecular weight excluding hydrogens is 791 g/mol. The highest BCUT2D eigenvalue weighted by Crippen LogP contribution is 2.23. The van der Waals surface area contributed by atoms with Gasteiger partial charge in [0.1, 0.15) is 47.4 Å². The van der Waals surface area contributed by atoms with Crippen LogP contribution in [0.1, 0.15) is 32.6 Å². The Morgan fingerprint density at radius 3 is 1.81 bits per heavy atom. The lowest BCUT2D eigenvalue weighted by Gasteiger charge is -2.25. The molecule has 0 saturated carbocycles. The lowest BCUT2D eigenvalue weighted by molar-refractivity contribution is -0.149. The molecule has 0 bridgehead atoms. The molecule has 8 aromatic rings. The van der Waals surface area contributed by atoms with Gasteiger partial charge in [-0.05, 0) is 64.7 Å². The first-order valence-electron chi connectivity index (χ1n) is 19.8. The first kappa shape index (κ1) is 40.6. The van der Waals surface area contributed by atoms with E-state index >= 15 is 0 Å². The number of amides is 3. The third-order valence-corrected chi connectivity index (χ3v) is 10.6. The molecule has 0 aliphatic rings. The smallest absolute Gasteiger partial charge is 0.349 e. The number of hydrogen-bond donors (Lipinski definition) is 7. The van der Waals surface area contributed by atoms with Crippen LogP contribution in [0.2, 0.25) is 0 Å². The van der Waals surface area contributed by atoms with Crippen molar-refractivity contribution in [3.05, 3.63) is 178 Å². The lowest BCUT2D eigenvalue weighted by Crippen LogP contribution is -2.57. The number of aromatic amines is 2. The molecule has 0 aliphatic carbocycles. The van der Waals surface area contributed by atoms with E-state index in [9.17, 15) is 34.2 Å². The minimum Gasteiger partial charge on any atom is -0.508 e. The molecule has 3 aromatic heterocycles. The Bertz CT molecular complexity index is 2970. The van der Waals surface area contributed by atoms with Gasteiger partial charge in [-0.2, -0.15) is 0 Å². The minimum atomic E-state index is -1.33. The van der Waals surface area contributed by atoms with E-state index in [-0.39, 0.29) is 48.5 Å². The lowest BCUT2D eigenvalue weighted by atomic mass is 10.0. The van der Waals surface area contributed by atoms with Crippen molar-refractivity contribution in [1.82, 2.24) is 25.9 Å². The van der Waals surface area contributed by atoms with Gasteiger partial charge < -0.3 is 45.3 Å². The largest absolute Gasteiger partial charge is 0.508 e. The van der Waals surface area contributed by atoms with Crippen LogP contribution in [0.4, 0.5) is 0 Å².